The van der Waals surface area contributed by atoms with Crippen LogP contribution >= 0.6 is 0 Å². The first-order valence-corrected chi connectivity index (χ1v) is 7.55. The molecule has 2 rings (SSSR count). The Bertz CT molecular complexity index is 452. The van der Waals surface area contributed by atoms with Crippen LogP contribution < -0.4 is 10.6 Å². The SMILES string of the molecule is CCc1c[nH]c(CNCCNCc2cc(CC)c[nH]2)c1. The van der Waals surface area contributed by atoms with Crippen LogP contribution in [0.1, 0.15) is 36.4 Å². The first kappa shape index (κ1) is 14.9. The van der Waals surface area contributed by atoms with Crippen molar-refractivity contribution in [1.29, 1.82) is 0 Å². The van der Waals surface area contributed by atoms with Gasteiger partial charge in [0.15, 0.2) is 0 Å². The van der Waals surface area contributed by atoms with E-state index in [1.807, 2.05) is 0 Å². The Kier molecular flexibility index (Phi) is 5.89. The van der Waals surface area contributed by atoms with E-state index in [-0.39, 0.29) is 0 Å². The van der Waals surface area contributed by atoms with Crippen LogP contribution in [0.25, 0.3) is 0 Å². The highest BCUT2D eigenvalue weighted by atomic mass is 15.0. The molecule has 0 bridgehead atoms. The predicted molar refractivity (Wildman–Crippen MR) is 83.8 cm³/mol. The second kappa shape index (κ2) is 7.92. The number of rotatable bonds is 9. The Hall–Kier alpha value is -1.52. The van der Waals surface area contributed by atoms with E-state index in [0.717, 1.165) is 39.0 Å². The number of aromatic amines is 2. The van der Waals surface area contributed by atoms with Gasteiger partial charge in [-0.3, -0.25) is 0 Å². The number of hydrogen-bond acceptors (Lipinski definition) is 2. The zero-order valence-corrected chi connectivity index (χ0v) is 12.6. The summed E-state index contributed by atoms with van der Waals surface area (Å²) in [5.41, 5.74) is 5.27. The van der Waals surface area contributed by atoms with E-state index in [4.69, 9.17) is 0 Å². The van der Waals surface area contributed by atoms with Crippen molar-refractivity contribution >= 4 is 0 Å². The van der Waals surface area contributed by atoms with Gasteiger partial charge in [-0.1, -0.05) is 13.8 Å². The number of hydrogen-bond donors (Lipinski definition) is 4. The summed E-state index contributed by atoms with van der Waals surface area (Å²) >= 11 is 0. The quantitative estimate of drug-likeness (QED) is 0.531. The molecule has 4 N–H and O–H groups in total. The van der Waals surface area contributed by atoms with Gasteiger partial charge in [-0.15, -0.1) is 0 Å². The molecule has 0 aliphatic rings. The normalized spacial score (nSPS) is 11.1. The third-order valence-electron chi connectivity index (χ3n) is 3.53. The van der Waals surface area contributed by atoms with Crippen LogP contribution in [0, 0.1) is 0 Å². The van der Waals surface area contributed by atoms with E-state index >= 15 is 0 Å². The highest BCUT2D eigenvalue weighted by molar-refractivity contribution is 5.17. The molecular weight excluding hydrogens is 248 g/mol. The molecule has 20 heavy (non-hydrogen) atoms. The third-order valence-corrected chi connectivity index (χ3v) is 3.53. The largest absolute Gasteiger partial charge is 0.364 e. The molecule has 0 spiro atoms. The zero-order valence-electron chi connectivity index (χ0n) is 12.6. The van der Waals surface area contributed by atoms with Gasteiger partial charge in [0.2, 0.25) is 0 Å². The van der Waals surface area contributed by atoms with E-state index in [1.165, 1.54) is 22.5 Å². The fourth-order valence-electron chi connectivity index (χ4n) is 2.22. The van der Waals surface area contributed by atoms with Crippen LogP contribution in [0.3, 0.4) is 0 Å². The van der Waals surface area contributed by atoms with Crippen molar-refractivity contribution < 1.29 is 0 Å². The minimum atomic E-state index is 0.907. The van der Waals surface area contributed by atoms with E-state index < -0.39 is 0 Å². The summed E-state index contributed by atoms with van der Waals surface area (Å²) in [5.74, 6) is 0. The van der Waals surface area contributed by atoms with Gasteiger partial charge < -0.3 is 20.6 Å². The maximum absolute atomic E-state index is 3.44. The standard InChI is InChI=1S/C16H26N4/c1-3-13-7-15(19-9-13)11-17-5-6-18-12-16-8-14(4-2)10-20-16/h7-10,17-20H,3-6,11-12H2,1-2H3. The summed E-state index contributed by atoms with van der Waals surface area (Å²) in [5, 5.41) is 6.88. The van der Waals surface area contributed by atoms with Crippen LogP contribution in [0.2, 0.25) is 0 Å². The lowest BCUT2D eigenvalue weighted by atomic mass is 10.2. The molecule has 0 saturated heterocycles. The third kappa shape index (κ3) is 4.54. The van der Waals surface area contributed by atoms with Gasteiger partial charge in [-0.05, 0) is 36.1 Å². The molecule has 0 aliphatic heterocycles. The van der Waals surface area contributed by atoms with Crippen molar-refractivity contribution in [2.75, 3.05) is 13.1 Å². The molecule has 4 heteroatoms. The topological polar surface area (TPSA) is 55.6 Å². The summed E-state index contributed by atoms with van der Waals surface area (Å²) in [6, 6.07) is 4.46. The molecule has 0 saturated carbocycles. The van der Waals surface area contributed by atoms with Crippen LogP contribution in [0.4, 0.5) is 0 Å². The number of H-pyrrole nitrogens is 2. The Morgan fingerprint density at radius 2 is 1.25 bits per heavy atom. The molecule has 0 atom stereocenters. The lowest BCUT2D eigenvalue weighted by molar-refractivity contribution is 0.603. The van der Waals surface area contributed by atoms with Crippen molar-refractivity contribution in [1.82, 2.24) is 20.6 Å². The fraction of sp³-hybridized carbons (Fsp3) is 0.500. The molecule has 4 nitrogen and oxygen atoms in total. The lowest BCUT2D eigenvalue weighted by Crippen LogP contribution is -2.26. The summed E-state index contributed by atoms with van der Waals surface area (Å²) in [4.78, 5) is 6.59. The fourth-order valence-corrected chi connectivity index (χ4v) is 2.22. The molecule has 0 radical (unpaired) electrons. The molecule has 2 heterocycles. The zero-order chi connectivity index (χ0) is 14.2. The molecule has 2 aromatic rings. The Morgan fingerprint density at radius 1 is 0.800 bits per heavy atom. The van der Waals surface area contributed by atoms with Gasteiger partial charge in [0.1, 0.15) is 0 Å². The van der Waals surface area contributed by atoms with Gasteiger partial charge in [-0.25, -0.2) is 0 Å². The first-order chi connectivity index (χ1) is 9.81. The second-order valence-electron chi connectivity index (χ2n) is 5.13. The average Bonchev–Trinajstić information content (AvgIpc) is 3.11. The van der Waals surface area contributed by atoms with Crippen LogP contribution in [-0.2, 0) is 25.9 Å². The van der Waals surface area contributed by atoms with Gasteiger partial charge >= 0.3 is 0 Å². The van der Waals surface area contributed by atoms with E-state index in [2.05, 4.69) is 59.0 Å². The van der Waals surface area contributed by atoms with Gasteiger partial charge in [-0.2, -0.15) is 0 Å². The van der Waals surface area contributed by atoms with Crippen LogP contribution in [0.5, 0.6) is 0 Å². The molecule has 0 amide bonds. The van der Waals surface area contributed by atoms with E-state index in [0.29, 0.717) is 0 Å². The van der Waals surface area contributed by atoms with Crippen molar-refractivity contribution in [2.45, 2.75) is 39.8 Å². The number of nitrogens with one attached hydrogen (secondary N) is 4. The number of aromatic nitrogens is 2. The molecule has 0 unspecified atom stereocenters. The first-order valence-electron chi connectivity index (χ1n) is 7.55. The van der Waals surface area contributed by atoms with Crippen molar-refractivity contribution in [3.05, 3.63) is 47.0 Å². The van der Waals surface area contributed by atoms with Crippen molar-refractivity contribution in [2.24, 2.45) is 0 Å². The van der Waals surface area contributed by atoms with Gasteiger partial charge in [0.05, 0.1) is 0 Å². The summed E-state index contributed by atoms with van der Waals surface area (Å²) in [6.07, 6.45) is 6.36. The molecule has 110 valence electrons. The maximum atomic E-state index is 3.44. The molecule has 0 fully saturated rings. The van der Waals surface area contributed by atoms with Gasteiger partial charge in [0.25, 0.3) is 0 Å². The molecule has 0 aliphatic carbocycles. The summed E-state index contributed by atoms with van der Waals surface area (Å²) in [7, 11) is 0. The summed E-state index contributed by atoms with van der Waals surface area (Å²) in [6.45, 7) is 8.11. The van der Waals surface area contributed by atoms with Crippen LogP contribution in [-0.4, -0.2) is 23.1 Å². The Morgan fingerprint density at radius 3 is 1.60 bits per heavy atom. The highest BCUT2D eigenvalue weighted by Gasteiger charge is 1.98. The molecule has 2 aromatic heterocycles. The second-order valence-corrected chi connectivity index (χ2v) is 5.13. The highest BCUT2D eigenvalue weighted by Crippen LogP contribution is 2.04. The minimum Gasteiger partial charge on any atom is -0.364 e. The average molecular weight is 274 g/mol. The van der Waals surface area contributed by atoms with Gasteiger partial charge in [0, 0.05) is 50.0 Å². The smallest absolute Gasteiger partial charge is 0.0357 e. The number of aryl methyl sites for hydroxylation is 2. The Balaban J connectivity index is 1.55. The van der Waals surface area contributed by atoms with Crippen molar-refractivity contribution in [3.8, 4) is 0 Å². The van der Waals surface area contributed by atoms with Crippen molar-refractivity contribution in [3.63, 3.8) is 0 Å². The maximum Gasteiger partial charge on any atom is 0.0357 e. The summed E-state index contributed by atoms with van der Waals surface area (Å²) < 4.78 is 0. The minimum absolute atomic E-state index is 0.907. The predicted octanol–water partition coefficient (Wildman–Crippen LogP) is 2.35. The van der Waals surface area contributed by atoms with Crippen LogP contribution in [0.15, 0.2) is 24.5 Å². The van der Waals surface area contributed by atoms with E-state index in [1.54, 1.807) is 0 Å². The molecular formula is C16H26N4. The Labute approximate surface area is 121 Å². The van der Waals surface area contributed by atoms with E-state index in [9.17, 15) is 0 Å². The monoisotopic (exact) mass is 274 g/mol. The lowest BCUT2D eigenvalue weighted by Gasteiger charge is -2.05. The molecule has 0 aromatic carbocycles.